The largest absolute Gasteiger partial charge is 0.390 e. The molecule has 0 aliphatic carbocycles. The van der Waals surface area contributed by atoms with Gasteiger partial charge in [0.25, 0.3) is 0 Å². The zero-order chi connectivity index (χ0) is 15.6. The Morgan fingerprint density at radius 2 is 2.13 bits per heavy atom. The summed E-state index contributed by atoms with van der Waals surface area (Å²) in [6.07, 6.45) is 12.2. The number of rotatable bonds is 2. The number of nitrogen functional groups attached to an aromatic ring is 1. The van der Waals surface area contributed by atoms with Gasteiger partial charge in [-0.2, -0.15) is 0 Å². The first-order valence-electron chi connectivity index (χ1n) is 7.34. The molecule has 1 aliphatic rings. The average molecular weight is 305 g/mol. The van der Waals surface area contributed by atoms with E-state index in [1.54, 1.807) is 18.6 Å². The molecule has 0 aromatic carbocycles. The third-order valence-electron chi connectivity index (χ3n) is 3.61. The van der Waals surface area contributed by atoms with Gasteiger partial charge in [0.1, 0.15) is 5.69 Å². The number of allylic oxidation sites excluding steroid dienone is 2. The fraction of sp³-hybridized carbons (Fsp3) is 0.125. The number of H-pyrrole nitrogens is 1. The Morgan fingerprint density at radius 1 is 1.17 bits per heavy atom. The molecule has 114 valence electrons. The van der Waals surface area contributed by atoms with Crippen LogP contribution in [0.2, 0.25) is 0 Å². The standard InChI is InChI=1S/C16H15N7/c17-15-14(16-22-11-4-6-19-8-13(11)23-16)21-12(9-20-15)10-3-1-2-5-18-7-10/h1,3-4,6-9,18H,2,5H2,(H2,17,20)(H,22,23). The van der Waals surface area contributed by atoms with Gasteiger partial charge in [-0.05, 0) is 12.5 Å². The van der Waals surface area contributed by atoms with Crippen LogP contribution in [0.3, 0.4) is 0 Å². The smallest absolute Gasteiger partial charge is 0.161 e. The number of aromatic amines is 1. The minimum Gasteiger partial charge on any atom is -0.390 e. The van der Waals surface area contributed by atoms with Crippen LogP contribution in [0, 0.1) is 0 Å². The summed E-state index contributed by atoms with van der Waals surface area (Å²) in [5.41, 5.74) is 9.91. The van der Waals surface area contributed by atoms with Crippen molar-refractivity contribution in [1.82, 2.24) is 30.2 Å². The Labute approximate surface area is 132 Å². The van der Waals surface area contributed by atoms with Crippen molar-refractivity contribution >= 4 is 22.4 Å². The Hall–Kier alpha value is -3.22. The summed E-state index contributed by atoms with van der Waals surface area (Å²) in [4.78, 5) is 20.7. The van der Waals surface area contributed by atoms with Crippen molar-refractivity contribution < 1.29 is 0 Å². The highest BCUT2D eigenvalue weighted by atomic mass is 15.0. The van der Waals surface area contributed by atoms with Gasteiger partial charge in [0.15, 0.2) is 11.6 Å². The van der Waals surface area contributed by atoms with Gasteiger partial charge in [-0.3, -0.25) is 4.98 Å². The van der Waals surface area contributed by atoms with E-state index in [2.05, 4.69) is 36.3 Å². The van der Waals surface area contributed by atoms with Gasteiger partial charge in [-0.15, -0.1) is 0 Å². The van der Waals surface area contributed by atoms with E-state index in [0.29, 0.717) is 17.3 Å². The maximum atomic E-state index is 6.00. The molecule has 7 nitrogen and oxygen atoms in total. The lowest BCUT2D eigenvalue weighted by Gasteiger charge is -2.05. The third kappa shape index (κ3) is 2.52. The lowest BCUT2D eigenvalue weighted by atomic mass is 10.2. The lowest BCUT2D eigenvalue weighted by Crippen LogP contribution is -2.06. The maximum absolute atomic E-state index is 6.00. The zero-order valence-corrected chi connectivity index (χ0v) is 12.3. The van der Waals surface area contributed by atoms with Crippen molar-refractivity contribution in [2.75, 3.05) is 12.3 Å². The summed E-state index contributed by atoms with van der Waals surface area (Å²) in [5.74, 6) is 0.929. The predicted molar refractivity (Wildman–Crippen MR) is 89.1 cm³/mol. The second-order valence-corrected chi connectivity index (χ2v) is 5.21. The number of hydrogen-bond donors (Lipinski definition) is 3. The van der Waals surface area contributed by atoms with E-state index in [-0.39, 0.29) is 0 Å². The summed E-state index contributed by atoms with van der Waals surface area (Å²) < 4.78 is 0. The molecule has 0 saturated heterocycles. The Kier molecular flexibility index (Phi) is 3.23. The second kappa shape index (κ2) is 5.53. The van der Waals surface area contributed by atoms with Crippen LogP contribution in [0.5, 0.6) is 0 Å². The predicted octanol–water partition coefficient (Wildman–Crippen LogP) is 1.89. The highest BCUT2D eigenvalue weighted by Crippen LogP contribution is 2.24. The molecule has 23 heavy (non-hydrogen) atoms. The highest BCUT2D eigenvalue weighted by molar-refractivity contribution is 5.80. The number of fused-ring (bicyclic) bond motifs is 1. The Morgan fingerprint density at radius 3 is 3.04 bits per heavy atom. The van der Waals surface area contributed by atoms with Crippen LogP contribution in [0.25, 0.3) is 28.1 Å². The van der Waals surface area contributed by atoms with E-state index in [4.69, 9.17) is 5.73 Å². The summed E-state index contributed by atoms with van der Waals surface area (Å²) in [5, 5.41) is 3.24. The molecule has 0 amide bonds. The summed E-state index contributed by atoms with van der Waals surface area (Å²) in [6.45, 7) is 0.909. The summed E-state index contributed by atoms with van der Waals surface area (Å²) in [6, 6.07) is 1.84. The summed E-state index contributed by atoms with van der Waals surface area (Å²) >= 11 is 0. The van der Waals surface area contributed by atoms with Gasteiger partial charge < -0.3 is 16.0 Å². The monoisotopic (exact) mass is 305 g/mol. The van der Waals surface area contributed by atoms with E-state index in [1.165, 1.54) is 0 Å². The van der Waals surface area contributed by atoms with Crippen LogP contribution in [0.4, 0.5) is 5.82 Å². The Bertz CT molecular complexity index is 890. The molecule has 0 spiro atoms. The molecule has 4 rings (SSSR count). The number of aromatic nitrogens is 5. The number of imidazole rings is 1. The van der Waals surface area contributed by atoms with E-state index in [0.717, 1.165) is 35.3 Å². The van der Waals surface area contributed by atoms with Gasteiger partial charge in [0.05, 0.1) is 29.1 Å². The van der Waals surface area contributed by atoms with Crippen LogP contribution in [-0.4, -0.2) is 31.5 Å². The first kappa shape index (κ1) is 13.4. The Balaban J connectivity index is 1.81. The van der Waals surface area contributed by atoms with Crippen molar-refractivity contribution in [1.29, 1.82) is 0 Å². The number of pyridine rings is 1. The first-order valence-corrected chi connectivity index (χ1v) is 7.34. The topological polar surface area (TPSA) is 105 Å². The van der Waals surface area contributed by atoms with Crippen molar-refractivity contribution in [3.8, 4) is 11.5 Å². The molecule has 0 fully saturated rings. The quantitative estimate of drug-likeness (QED) is 0.667. The number of anilines is 1. The van der Waals surface area contributed by atoms with Crippen LogP contribution in [-0.2, 0) is 0 Å². The fourth-order valence-electron chi connectivity index (χ4n) is 2.45. The third-order valence-corrected chi connectivity index (χ3v) is 3.61. The van der Waals surface area contributed by atoms with Crippen molar-refractivity contribution in [3.63, 3.8) is 0 Å². The van der Waals surface area contributed by atoms with E-state index >= 15 is 0 Å². The van der Waals surface area contributed by atoms with Crippen LogP contribution in [0.1, 0.15) is 12.1 Å². The van der Waals surface area contributed by atoms with Crippen LogP contribution < -0.4 is 11.1 Å². The maximum Gasteiger partial charge on any atom is 0.161 e. The number of nitrogens with one attached hydrogen (secondary N) is 2. The van der Waals surface area contributed by atoms with Crippen LogP contribution in [0.15, 0.2) is 43.0 Å². The van der Waals surface area contributed by atoms with Crippen molar-refractivity contribution in [2.24, 2.45) is 0 Å². The van der Waals surface area contributed by atoms with Gasteiger partial charge in [0, 0.05) is 24.5 Å². The van der Waals surface area contributed by atoms with E-state index in [9.17, 15) is 0 Å². The molecular weight excluding hydrogens is 290 g/mol. The lowest BCUT2D eigenvalue weighted by molar-refractivity contribution is 0.860. The highest BCUT2D eigenvalue weighted by Gasteiger charge is 2.13. The molecule has 3 aromatic heterocycles. The number of nitrogens with zero attached hydrogens (tertiary/aromatic N) is 4. The molecule has 0 saturated carbocycles. The molecule has 0 bridgehead atoms. The van der Waals surface area contributed by atoms with Gasteiger partial charge in [-0.1, -0.05) is 12.2 Å². The molecule has 0 atom stereocenters. The fourth-order valence-corrected chi connectivity index (χ4v) is 2.45. The zero-order valence-electron chi connectivity index (χ0n) is 12.3. The molecule has 4 N–H and O–H groups in total. The molecule has 7 heteroatoms. The van der Waals surface area contributed by atoms with Crippen molar-refractivity contribution in [3.05, 3.63) is 48.7 Å². The first-order chi connectivity index (χ1) is 11.3. The van der Waals surface area contributed by atoms with Crippen LogP contribution >= 0.6 is 0 Å². The SMILES string of the molecule is Nc1ncc(C2=CNCCC=C2)nc1-c1nc2ccncc2[nH]1. The van der Waals surface area contributed by atoms with Gasteiger partial charge >= 0.3 is 0 Å². The molecule has 1 aliphatic heterocycles. The minimum atomic E-state index is 0.340. The van der Waals surface area contributed by atoms with Gasteiger partial charge in [-0.25, -0.2) is 15.0 Å². The molecular formula is C16H15N7. The normalized spacial score (nSPS) is 14.3. The van der Waals surface area contributed by atoms with Gasteiger partial charge in [0.2, 0.25) is 0 Å². The average Bonchev–Trinajstić information content (AvgIpc) is 2.81. The number of hydrogen-bond acceptors (Lipinski definition) is 6. The molecule has 4 heterocycles. The summed E-state index contributed by atoms with van der Waals surface area (Å²) in [7, 11) is 0. The molecule has 3 aromatic rings. The number of nitrogens with two attached hydrogens (primary N) is 1. The molecule has 0 unspecified atom stereocenters. The second-order valence-electron chi connectivity index (χ2n) is 5.21. The minimum absolute atomic E-state index is 0.340. The van der Waals surface area contributed by atoms with E-state index in [1.807, 2.05) is 18.3 Å². The van der Waals surface area contributed by atoms with Crippen molar-refractivity contribution in [2.45, 2.75) is 6.42 Å². The molecule has 0 radical (unpaired) electrons. The van der Waals surface area contributed by atoms with E-state index < -0.39 is 0 Å².